The van der Waals surface area contributed by atoms with Crippen molar-refractivity contribution in [1.29, 1.82) is 0 Å². The van der Waals surface area contributed by atoms with Crippen LogP contribution in [0.2, 0.25) is 0 Å². The number of rotatable bonds is 7. The van der Waals surface area contributed by atoms with Gasteiger partial charge in [-0.3, -0.25) is 0 Å². The molecule has 1 unspecified atom stereocenters. The molecule has 11 heavy (non-hydrogen) atoms. The maximum atomic E-state index is 2.32. The Kier molecular flexibility index (Phi) is 9.35. The van der Waals surface area contributed by atoms with Gasteiger partial charge in [-0.25, -0.2) is 0 Å². The lowest BCUT2D eigenvalue weighted by molar-refractivity contribution is 0.668. The summed E-state index contributed by atoms with van der Waals surface area (Å²) in [6.07, 6.45) is 10.0. The highest BCUT2D eigenvalue weighted by Crippen LogP contribution is 2.14. The molecule has 2 heteroatoms. The molecule has 0 rings (SSSR count). The van der Waals surface area contributed by atoms with Crippen LogP contribution in [0, 0.1) is 0 Å². The fraction of sp³-hybridized carbons (Fsp3) is 1.00. The average molecular weight is 192 g/mol. The summed E-state index contributed by atoms with van der Waals surface area (Å²) < 4.78 is 0. The summed E-state index contributed by atoms with van der Waals surface area (Å²) >= 11 is 3.94. The van der Waals surface area contributed by atoms with E-state index in [0.29, 0.717) is 0 Å². The first-order chi connectivity index (χ1) is 5.31. The Morgan fingerprint density at radius 3 is 2.36 bits per heavy atom. The SMILES string of the molecule is CSCCCCCC(C)SC. The largest absolute Gasteiger partial charge is 0.165 e. The third-order valence-corrected chi connectivity index (χ3v) is 3.60. The van der Waals surface area contributed by atoms with E-state index >= 15 is 0 Å². The van der Waals surface area contributed by atoms with Crippen LogP contribution in [0.4, 0.5) is 0 Å². The zero-order valence-corrected chi connectivity index (χ0v) is 9.56. The van der Waals surface area contributed by atoms with Crippen molar-refractivity contribution in [3.8, 4) is 0 Å². The van der Waals surface area contributed by atoms with Crippen molar-refractivity contribution in [2.45, 2.75) is 37.9 Å². The van der Waals surface area contributed by atoms with Crippen molar-refractivity contribution >= 4 is 23.5 Å². The normalized spacial score (nSPS) is 13.4. The minimum Gasteiger partial charge on any atom is -0.165 e. The Morgan fingerprint density at radius 1 is 1.09 bits per heavy atom. The van der Waals surface area contributed by atoms with Crippen LogP contribution in [-0.4, -0.2) is 23.5 Å². The predicted molar refractivity (Wildman–Crippen MR) is 59.8 cm³/mol. The second kappa shape index (κ2) is 8.79. The molecule has 0 aliphatic carbocycles. The predicted octanol–water partition coefficient (Wildman–Crippen LogP) is 3.66. The molecular weight excluding hydrogens is 172 g/mol. The van der Waals surface area contributed by atoms with Crippen LogP contribution in [-0.2, 0) is 0 Å². The van der Waals surface area contributed by atoms with Gasteiger partial charge in [-0.1, -0.05) is 19.8 Å². The molecule has 0 aliphatic rings. The Hall–Kier alpha value is 0.700. The Labute approximate surface area is 79.9 Å². The van der Waals surface area contributed by atoms with E-state index in [-0.39, 0.29) is 0 Å². The van der Waals surface area contributed by atoms with Gasteiger partial charge in [-0.2, -0.15) is 23.5 Å². The van der Waals surface area contributed by atoms with Crippen LogP contribution in [0.5, 0.6) is 0 Å². The molecule has 0 aliphatic heterocycles. The van der Waals surface area contributed by atoms with Gasteiger partial charge in [-0.05, 0) is 31.1 Å². The first-order valence-electron chi connectivity index (χ1n) is 4.33. The molecule has 0 radical (unpaired) electrons. The monoisotopic (exact) mass is 192 g/mol. The Bertz CT molecular complexity index is 74.0. The third-order valence-electron chi connectivity index (χ3n) is 1.86. The molecule has 0 spiro atoms. The number of hydrogen-bond acceptors (Lipinski definition) is 2. The van der Waals surface area contributed by atoms with Gasteiger partial charge in [-0.15, -0.1) is 0 Å². The minimum absolute atomic E-state index is 0.865. The topological polar surface area (TPSA) is 0 Å². The van der Waals surface area contributed by atoms with Crippen molar-refractivity contribution < 1.29 is 0 Å². The maximum absolute atomic E-state index is 2.32. The van der Waals surface area contributed by atoms with E-state index in [4.69, 9.17) is 0 Å². The molecule has 0 N–H and O–H groups in total. The molecule has 0 nitrogen and oxygen atoms in total. The zero-order chi connectivity index (χ0) is 8.53. The second-order valence-electron chi connectivity index (χ2n) is 2.89. The van der Waals surface area contributed by atoms with Crippen molar-refractivity contribution in [3.63, 3.8) is 0 Å². The van der Waals surface area contributed by atoms with Crippen LogP contribution >= 0.6 is 23.5 Å². The van der Waals surface area contributed by atoms with Gasteiger partial charge in [0.15, 0.2) is 0 Å². The zero-order valence-electron chi connectivity index (χ0n) is 7.93. The summed E-state index contributed by atoms with van der Waals surface area (Å²) in [4.78, 5) is 0. The van der Waals surface area contributed by atoms with E-state index < -0.39 is 0 Å². The molecule has 0 amide bonds. The summed E-state index contributed by atoms with van der Waals surface area (Å²) in [5.41, 5.74) is 0. The quantitative estimate of drug-likeness (QED) is 0.565. The third kappa shape index (κ3) is 8.61. The van der Waals surface area contributed by atoms with Gasteiger partial charge >= 0.3 is 0 Å². The number of hydrogen-bond donors (Lipinski definition) is 0. The molecule has 0 aromatic heterocycles. The highest BCUT2D eigenvalue weighted by atomic mass is 32.2. The van der Waals surface area contributed by atoms with Crippen molar-refractivity contribution in [2.75, 3.05) is 18.3 Å². The Balaban J connectivity index is 2.89. The van der Waals surface area contributed by atoms with E-state index in [1.54, 1.807) is 0 Å². The van der Waals surface area contributed by atoms with Crippen LogP contribution < -0.4 is 0 Å². The lowest BCUT2D eigenvalue weighted by atomic mass is 10.2. The molecule has 0 saturated carbocycles. The molecule has 0 aromatic rings. The summed E-state index contributed by atoms with van der Waals surface area (Å²) in [5, 5.41) is 0.865. The van der Waals surface area contributed by atoms with Gasteiger partial charge in [0.2, 0.25) is 0 Å². The van der Waals surface area contributed by atoms with Crippen LogP contribution in [0.1, 0.15) is 32.6 Å². The molecular formula is C9H20S2. The Morgan fingerprint density at radius 2 is 1.82 bits per heavy atom. The fourth-order valence-corrected chi connectivity index (χ4v) is 1.87. The summed E-state index contributed by atoms with van der Waals surface area (Å²) in [6, 6.07) is 0. The van der Waals surface area contributed by atoms with E-state index in [2.05, 4.69) is 19.4 Å². The maximum Gasteiger partial charge on any atom is 0.00159 e. The summed E-state index contributed by atoms with van der Waals surface area (Å²) in [7, 11) is 0. The molecule has 68 valence electrons. The van der Waals surface area contributed by atoms with Gasteiger partial charge < -0.3 is 0 Å². The van der Waals surface area contributed by atoms with Gasteiger partial charge in [0, 0.05) is 5.25 Å². The van der Waals surface area contributed by atoms with Crippen LogP contribution in [0.15, 0.2) is 0 Å². The van der Waals surface area contributed by atoms with E-state index in [1.165, 1.54) is 31.4 Å². The first-order valence-corrected chi connectivity index (χ1v) is 7.01. The molecule has 0 saturated heterocycles. The van der Waals surface area contributed by atoms with Gasteiger partial charge in [0.05, 0.1) is 0 Å². The first kappa shape index (κ1) is 11.7. The van der Waals surface area contributed by atoms with Crippen molar-refractivity contribution in [3.05, 3.63) is 0 Å². The second-order valence-corrected chi connectivity index (χ2v) is 5.15. The van der Waals surface area contributed by atoms with Crippen molar-refractivity contribution in [2.24, 2.45) is 0 Å². The lowest BCUT2D eigenvalue weighted by Crippen LogP contribution is -1.94. The van der Waals surface area contributed by atoms with Crippen molar-refractivity contribution in [1.82, 2.24) is 0 Å². The van der Waals surface area contributed by atoms with E-state index in [1.807, 2.05) is 23.5 Å². The number of unbranched alkanes of at least 4 members (excludes halogenated alkanes) is 2. The smallest absolute Gasteiger partial charge is 0.00159 e. The standard InChI is InChI=1S/C9H20S2/c1-9(11-3)7-5-4-6-8-10-2/h9H,4-8H2,1-3H3. The minimum atomic E-state index is 0.865. The molecule has 0 fully saturated rings. The van der Waals surface area contributed by atoms with Gasteiger partial charge in [0.1, 0.15) is 0 Å². The summed E-state index contributed by atoms with van der Waals surface area (Å²) in [5.74, 6) is 1.34. The van der Waals surface area contributed by atoms with E-state index in [9.17, 15) is 0 Å². The van der Waals surface area contributed by atoms with Gasteiger partial charge in [0.25, 0.3) is 0 Å². The van der Waals surface area contributed by atoms with E-state index in [0.717, 1.165) is 5.25 Å². The lowest BCUT2D eigenvalue weighted by Gasteiger charge is -2.06. The fourth-order valence-electron chi connectivity index (χ4n) is 0.973. The molecule has 0 bridgehead atoms. The highest BCUT2D eigenvalue weighted by Gasteiger charge is 1.97. The molecule has 0 heterocycles. The molecule has 0 aromatic carbocycles. The summed E-state index contributed by atoms with van der Waals surface area (Å²) in [6.45, 7) is 2.32. The average Bonchev–Trinajstić information content (AvgIpc) is 2.04. The molecule has 1 atom stereocenters. The number of thioether (sulfide) groups is 2. The highest BCUT2D eigenvalue weighted by molar-refractivity contribution is 7.99. The van der Waals surface area contributed by atoms with Crippen LogP contribution in [0.25, 0.3) is 0 Å². The van der Waals surface area contributed by atoms with Crippen LogP contribution in [0.3, 0.4) is 0 Å².